The van der Waals surface area contributed by atoms with E-state index in [1.807, 2.05) is 0 Å². The van der Waals surface area contributed by atoms with Crippen molar-refractivity contribution in [3.8, 4) is 0 Å². The van der Waals surface area contributed by atoms with Crippen molar-refractivity contribution in [3.05, 3.63) is 0 Å². The molecule has 3 atom stereocenters. The van der Waals surface area contributed by atoms with Crippen molar-refractivity contribution in [3.63, 3.8) is 0 Å². The second-order valence-corrected chi connectivity index (χ2v) is 8.31. The number of β-lactam (4-membered cyclic amide) rings is 1. The highest BCUT2D eigenvalue weighted by Gasteiger charge is 2.68. The Hall–Kier alpha value is -1.64. The Morgan fingerprint density at radius 1 is 1.33 bits per heavy atom. The zero-order valence-corrected chi connectivity index (χ0v) is 13.0. The first-order valence-electron chi connectivity index (χ1n) is 6.42. The minimum atomic E-state index is -3.66. The predicted octanol–water partition coefficient (Wildman–Crippen LogP) is -0.427. The smallest absolute Gasteiger partial charge is 0.333 e. The number of hydrogen-bond donors (Lipinski definition) is 0. The molecule has 2 fully saturated rings. The average molecular weight is 319 g/mol. The van der Waals surface area contributed by atoms with E-state index in [-0.39, 0.29) is 6.42 Å². The van der Waals surface area contributed by atoms with Crippen LogP contribution in [0.5, 0.6) is 0 Å². The Balaban J connectivity index is 2.24. The maximum atomic E-state index is 12.3. The first-order valence-corrected chi connectivity index (χ1v) is 7.97. The third-order valence-corrected chi connectivity index (χ3v) is 6.61. The summed E-state index contributed by atoms with van der Waals surface area (Å²) in [5, 5.41) is -0.971. The van der Waals surface area contributed by atoms with Crippen molar-refractivity contribution < 1.29 is 32.3 Å². The molecule has 118 valence electrons. The van der Waals surface area contributed by atoms with Crippen LogP contribution in [0.15, 0.2) is 0 Å². The van der Waals surface area contributed by atoms with Gasteiger partial charge < -0.3 is 14.4 Å². The summed E-state index contributed by atoms with van der Waals surface area (Å²) in [6.45, 7) is 5.27. The van der Waals surface area contributed by atoms with E-state index in [1.165, 1.54) is 20.8 Å². The number of carbonyl (C=O) groups excluding carboxylic acids is 3. The quantitative estimate of drug-likeness (QED) is 0.395. The molecule has 0 aromatic rings. The third kappa shape index (κ3) is 2.19. The number of nitrogens with zero attached hydrogens (tertiary/aromatic N) is 1. The highest BCUT2D eigenvalue weighted by Crippen LogP contribution is 2.46. The molecule has 8 nitrogen and oxygen atoms in total. The van der Waals surface area contributed by atoms with Gasteiger partial charge in [-0.1, -0.05) is 0 Å². The molecule has 21 heavy (non-hydrogen) atoms. The molecule has 0 aliphatic carbocycles. The van der Waals surface area contributed by atoms with Crippen LogP contribution in [0, 0.1) is 0 Å². The molecule has 9 heteroatoms. The van der Waals surface area contributed by atoms with Crippen molar-refractivity contribution >= 4 is 27.7 Å². The van der Waals surface area contributed by atoms with E-state index in [1.54, 1.807) is 0 Å². The van der Waals surface area contributed by atoms with Crippen molar-refractivity contribution in [2.75, 3.05) is 0 Å². The summed E-state index contributed by atoms with van der Waals surface area (Å²) in [4.78, 5) is 35.7. The maximum Gasteiger partial charge on any atom is 0.333 e. The number of esters is 2. The van der Waals surface area contributed by atoms with Crippen LogP contribution in [0.3, 0.4) is 0 Å². The molecule has 1 unspecified atom stereocenters. The first kappa shape index (κ1) is 15.7. The molecule has 2 saturated heterocycles. The normalized spacial score (nSPS) is 30.1. The summed E-state index contributed by atoms with van der Waals surface area (Å²) in [7, 11) is -3.66. The van der Waals surface area contributed by atoms with E-state index in [9.17, 15) is 22.8 Å². The van der Waals surface area contributed by atoms with Crippen LogP contribution >= 0.6 is 0 Å². The van der Waals surface area contributed by atoms with E-state index >= 15 is 0 Å². The summed E-state index contributed by atoms with van der Waals surface area (Å²) in [5.41, 5.74) is 0. The SMILES string of the molecule is CC(=O)OC(C)OC(=O)[C@@H]1N2C(=O)C[C@H]2S(=O)(=O)C1(C)C. The maximum absolute atomic E-state index is 12.3. The van der Waals surface area contributed by atoms with E-state index in [2.05, 4.69) is 4.74 Å². The largest absolute Gasteiger partial charge is 0.426 e. The minimum absolute atomic E-state index is 0.116. The van der Waals surface area contributed by atoms with Gasteiger partial charge in [-0.25, -0.2) is 13.2 Å². The van der Waals surface area contributed by atoms with Gasteiger partial charge in [0.1, 0.15) is 11.4 Å². The second-order valence-electron chi connectivity index (χ2n) is 5.62. The Morgan fingerprint density at radius 2 is 1.90 bits per heavy atom. The highest BCUT2D eigenvalue weighted by molar-refractivity contribution is 7.93. The zero-order chi connectivity index (χ0) is 16.2. The molecular formula is C12H17NO7S. The van der Waals surface area contributed by atoms with Crippen molar-refractivity contribution in [2.45, 2.75) is 56.6 Å². The third-order valence-electron chi connectivity index (χ3n) is 3.81. The topological polar surface area (TPSA) is 107 Å². The lowest BCUT2D eigenvalue weighted by Gasteiger charge is -2.36. The van der Waals surface area contributed by atoms with Gasteiger partial charge in [0.05, 0.1) is 11.2 Å². The summed E-state index contributed by atoms with van der Waals surface area (Å²) in [6.07, 6.45) is -1.27. The van der Waals surface area contributed by atoms with Gasteiger partial charge in [-0.05, 0) is 13.8 Å². The van der Waals surface area contributed by atoms with E-state index < -0.39 is 50.1 Å². The van der Waals surface area contributed by atoms with Gasteiger partial charge in [0.25, 0.3) is 0 Å². The van der Waals surface area contributed by atoms with Crippen LogP contribution in [0.4, 0.5) is 0 Å². The molecule has 2 aliphatic heterocycles. The van der Waals surface area contributed by atoms with Crippen LogP contribution in [0.2, 0.25) is 0 Å². The molecule has 0 radical (unpaired) electrons. The molecule has 0 N–H and O–H groups in total. The number of amides is 1. The minimum Gasteiger partial charge on any atom is -0.426 e. The van der Waals surface area contributed by atoms with Gasteiger partial charge in [-0.15, -0.1) is 0 Å². The standard InChI is InChI=1S/C12H17NO7S/c1-6(14)19-7(2)20-11(16)10-12(3,4)21(17,18)9-5-8(15)13(9)10/h7,9-10H,5H2,1-4H3/t7?,9-,10+/m1/s1. The molecule has 2 rings (SSSR count). The molecular weight excluding hydrogens is 302 g/mol. The number of hydrogen-bond acceptors (Lipinski definition) is 7. The number of fused-ring (bicyclic) bond motifs is 1. The van der Waals surface area contributed by atoms with Gasteiger partial charge in [0.2, 0.25) is 12.2 Å². The lowest BCUT2D eigenvalue weighted by Crippen LogP contribution is -2.57. The summed E-state index contributed by atoms with van der Waals surface area (Å²) >= 11 is 0. The summed E-state index contributed by atoms with van der Waals surface area (Å²) in [5.74, 6) is -1.93. The van der Waals surface area contributed by atoms with Crippen LogP contribution in [-0.4, -0.2) is 53.6 Å². The number of rotatable bonds is 3. The number of sulfone groups is 1. The van der Waals surface area contributed by atoms with Gasteiger partial charge >= 0.3 is 11.9 Å². The average Bonchev–Trinajstić information content (AvgIpc) is 2.41. The monoisotopic (exact) mass is 319 g/mol. The van der Waals surface area contributed by atoms with Crippen LogP contribution in [0.1, 0.15) is 34.1 Å². The van der Waals surface area contributed by atoms with Gasteiger partial charge in [-0.3, -0.25) is 9.59 Å². The molecule has 1 amide bonds. The predicted molar refractivity (Wildman–Crippen MR) is 69.4 cm³/mol. The Morgan fingerprint density at radius 3 is 2.38 bits per heavy atom. The lowest BCUT2D eigenvalue weighted by atomic mass is 9.98. The van der Waals surface area contributed by atoms with Crippen LogP contribution < -0.4 is 0 Å². The molecule has 0 spiro atoms. The molecule has 2 aliphatic rings. The van der Waals surface area contributed by atoms with Gasteiger partial charge in [0.15, 0.2) is 9.84 Å². The van der Waals surface area contributed by atoms with Crippen molar-refractivity contribution in [1.82, 2.24) is 4.90 Å². The van der Waals surface area contributed by atoms with Crippen LogP contribution in [-0.2, 0) is 33.7 Å². The second kappa shape index (κ2) is 4.69. The fraction of sp³-hybridized carbons (Fsp3) is 0.750. The Labute approximate surface area is 122 Å². The van der Waals surface area contributed by atoms with Gasteiger partial charge in [0, 0.05) is 13.8 Å². The number of carbonyl (C=O) groups is 3. The van der Waals surface area contributed by atoms with E-state index in [0.29, 0.717) is 0 Å². The zero-order valence-electron chi connectivity index (χ0n) is 12.2. The summed E-state index contributed by atoms with van der Waals surface area (Å²) in [6, 6.07) is -1.23. The fourth-order valence-electron chi connectivity index (χ4n) is 2.70. The van der Waals surface area contributed by atoms with Crippen LogP contribution in [0.25, 0.3) is 0 Å². The summed E-state index contributed by atoms with van der Waals surface area (Å²) < 4.78 is 32.8. The van der Waals surface area contributed by atoms with Gasteiger partial charge in [-0.2, -0.15) is 0 Å². The molecule has 0 bridgehead atoms. The molecule has 0 aromatic heterocycles. The Bertz CT molecular complexity index is 609. The Kier molecular flexibility index (Phi) is 3.51. The fourth-order valence-corrected chi connectivity index (χ4v) is 4.82. The molecule has 0 aromatic carbocycles. The number of ether oxygens (including phenoxy) is 2. The highest BCUT2D eigenvalue weighted by atomic mass is 32.2. The molecule has 0 saturated carbocycles. The van der Waals surface area contributed by atoms with Crippen molar-refractivity contribution in [2.24, 2.45) is 0 Å². The van der Waals surface area contributed by atoms with Crippen molar-refractivity contribution in [1.29, 1.82) is 0 Å². The first-order chi connectivity index (χ1) is 9.50. The van der Waals surface area contributed by atoms with E-state index in [4.69, 9.17) is 4.74 Å². The molecule has 2 heterocycles. The van der Waals surface area contributed by atoms with E-state index in [0.717, 1.165) is 11.8 Å². The lowest BCUT2D eigenvalue weighted by molar-refractivity contribution is -0.189.